The number of benzene rings is 1. The summed E-state index contributed by atoms with van der Waals surface area (Å²) in [5, 5.41) is 15.7. The Kier molecular flexibility index (Phi) is 6.05. The summed E-state index contributed by atoms with van der Waals surface area (Å²) in [7, 11) is 0. The van der Waals surface area contributed by atoms with Crippen molar-refractivity contribution in [1.29, 1.82) is 0 Å². The second kappa shape index (κ2) is 8.45. The topological polar surface area (TPSA) is 44.7 Å². The van der Waals surface area contributed by atoms with Gasteiger partial charge in [-0.1, -0.05) is 24.3 Å². The molecule has 1 fully saturated rings. The molecule has 0 saturated carbocycles. The minimum atomic E-state index is -0.426. The van der Waals surface area contributed by atoms with E-state index in [0.717, 1.165) is 19.5 Å². The Labute approximate surface area is 141 Å². The summed E-state index contributed by atoms with van der Waals surface area (Å²) in [5.74, 6) is 0. The molecule has 3 rings (SSSR count). The van der Waals surface area contributed by atoms with Gasteiger partial charge in [-0.3, -0.25) is 4.90 Å². The molecule has 2 atom stereocenters. The normalized spacial score (nSPS) is 19.8. The Morgan fingerprint density at radius 2 is 2.13 bits per heavy atom. The standard InChI is InChI=1S/C18H24N2O2S/c21-17(13-22-14-18-7-4-10-23-18)12-20-9-8-16(11-20)19-15-5-2-1-3-6-15/h1-7,10,16-17,19,21H,8-9,11-14H2/t16-,17+/m0/s1. The fourth-order valence-electron chi connectivity index (χ4n) is 2.93. The van der Waals surface area contributed by atoms with Crippen molar-refractivity contribution in [2.75, 3.05) is 31.6 Å². The van der Waals surface area contributed by atoms with E-state index in [1.807, 2.05) is 29.6 Å². The van der Waals surface area contributed by atoms with E-state index in [2.05, 4.69) is 28.4 Å². The molecule has 0 bridgehead atoms. The molecule has 4 nitrogen and oxygen atoms in total. The molecule has 0 spiro atoms. The molecule has 0 unspecified atom stereocenters. The van der Waals surface area contributed by atoms with E-state index < -0.39 is 6.10 Å². The zero-order chi connectivity index (χ0) is 15.9. The van der Waals surface area contributed by atoms with Crippen LogP contribution in [0.15, 0.2) is 47.8 Å². The van der Waals surface area contributed by atoms with Crippen LogP contribution in [0.2, 0.25) is 0 Å². The van der Waals surface area contributed by atoms with Crippen molar-refractivity contribution in [1.82, 2.24) is 4.90 Å². The minimum absolute atomic E-state index is 0.394. The second-order valence-corrected chi connectivity index (χ2v) is 7.04. The summed E-state index contributed by atoms with van der Waals surface area (Å²) < 4.78 is 5.59. The number of anilines is 1. The molecule has 1 aliphatic rings. The van der Waals surface area contributed by atoms with E-state index in [4.69, 9.17) is 4.74 Å². The largest absolute Gasteiger partial charge is 0.389 e. The monoisotopic (exact) mass is 332 g/mol. The second-order valence-electron chi connectivity index (χ2n) is 6.00. The lowest BCUT2D eigenvalue weighted by molar-refractivity contribution is 0.0141. The smallest absolute Gasteiger partial charge is 0.0900 e. The number of nitrogens with one attached hydrogen (secondary N) is 1. The van der Waals surface area contributed by atoms with Gasteiger partial charge in [-0.05, 0) is 30.0 Å². The Morgan fingerprint density at radius 3 is 2.91 bits per heavy atom. The van der Waals surface area contributed by atoms with Crippen molar-refractivity contribution in [2.45, 2.75) is 25.2 Å². The highest BCUT2D eigenvalue weighted by molar-refractivity contribution is 7.09. The van der Waals surface area contributed by atoms with Gasteiger partial charge in [0.15, 0.2) is 0 Å². The summed E-state index contributed by atoms with van der Waals surface area (Å²) in [6.45, 7) is 3.65. The van der Waals surface area contributed by atoms with Gasteiger partial charge in [-0.25, -0.2) is 0 Å². The Morgan fingerprint density at radius 1 is 1.26 bits per heavy atom. The molecule has 1 aromatic carbocycles. The molecular weight excluding hydrogens is 308 g/mol. The minimum Gasteiger partial charge on any atom is -0.389 e. The summed E-state index contributed by atoms with van der Waals surface area (Å²) in [4.78, 5) is 3.50. The maximum absolute atomic E-state index is 10.1. The number of hydrogen-bond acceptors (Lipinski definition) is 5. The SMILES string of the molecule is O[C@@H](COCc1cccs1)CN1CC[C@H](Nc2ccccc2)C1. The first-order valence-corrected chi connectivity index (χ1v) is 8.99. The molecular formula is C18H24N2O2S. The Balaban J connectivity index is 1.34. The van der Waals surface area contributed by atoms with Gasteiger partial charge in [0.25, 0.3) is 0 Å². The van der Waals surface area contributed by atoms with Crippen molar-refractivity contribution < 1.29 is 9.84 Å². The molecule has 0 amide bonds. The van der Waals surface area contributed by atoms with Gasteiger partial charge in [0.2, 0.25) is 0 Å². The molecule has 124 valence electrons. The molecule has 5 heteroatoms. The molecule has 2 aromatic rings. The van der Waals surface area contributed by atoms with Crippen LogP contribution in [-0.2, 0) is 11.3 Å². The molecule has 2 N–H and O–H groups in total. The van der Waals surface area contributed by atoms with Gasteiger partial charge in [-0.15, -0.1) is 11.3 Å². The summed E-state index contributed by atoms with van der Waals surface area (Å²) >= 11 is 1.68. The third kappa shape index (κ3) is 5.32. The number of hydrogen-bond donors (Lipinski definition) is 2. The van der Waals surface area contributed by atoms with Crippen LogP contribution in [0, 0.1) is 0 Å². The zero-order valence-corrected chi connectivity index (χ0v) is 14.0. The highest BCUT2D eigenvalue weighted by Gasteiger charge is 2.24. The first-order valence-electron chi connectivity index (χ1n) is 8.12. The molecule has 23 heavy (non-hydrogen) atoms. The first-order chi connectivity index (χ1) is 11.3. The highest BCUT2D eigenvalue weighted by Crippen LogP contribution is 2.16. The van der Waals surface area contributed by atoms with Gasteiger partial charge < -0.3 is 15.2 Å². The van der Waals surface area contributed by atoms with E-state index in [1.165, 1.54) is 10.6 Å². The average molecular weight is 332 g/mol. The van der Waals surface area contributed by atoms with Crippen LogP contribution in [0.4, 0.5) is 5.69 Å². The van der Waals surface area contributed by atoms with E-state index in [-0.39, 0.29) is 0 Å². The summed E-state index contributed by atoms with van der Waals surface area (Å²) in [5.41, 5.74) is 1.17. The molecule has 1 saturated heterocycles. The van der Waals surface area contributed by atoms with Crippen molar-refractivity contribution in [2.24, 2.45) is 0 Å². The van der Waals surface area contributed by atoms with Crippen LogP contribution >= 0.6 is 11.3 Å². The van der Waals surface area contributed by atoms with Crippen LogP contribution in [-0.4, -0.2) is 48.4 Å². The van der Waals surface area contributed by atoms with Crippen LogP contribution in [0.1, 0.15) is 11.3 Å². The Hall–Kier alpha value is -1.40. The molecule has 1 aromatic heterocycles. The van der Waals surface area contributed by atoms with Crippen molar-refractivity contribution in [3.05, 3.63) is 52.7 Å². The lowest BCUT2D eigenvalue weighted by Crippen LogP contribution is -2.35. The van der Waals surface area contributed by atoms with Gasteiger partial charge in [0.1, 0.15) is 0 Å². The number of ether oxygens (including phenoxy) is 1. The predicted octanol–water partition coefficient (Wildman–Crippen LogP) is 2.81. The van der Waals surface area contributed by atoms with E-state index in [9.17, 15) is 5.11 Å². The molecule has 1 aliphatic heterocycles. The van der Waals surface area contributed by atoms with Crippen LogP contribution in [0.25, 0.3) is 0 Å². The molecule has 0 aliphatic carbocycles. The van der Waals surface area contributed by atoms with Crippen molar-refractivity contribution in [3.63, 3.8) is 0 Å². The van der Waals surface area contributed by atoms with E-state index in [1.54, 1.807) is 11.3 Å². The van der Waals surface area contributed by atoms with Crippen molar-refractivity contribution >= 4 is 17.0 Å². The number of thiophene rings is 1. The molecule has 2 heterocycles. The van der Waals surface area contributed by atoms with E-state index >= 15 is 0 Å². The lowest BCUT2D eigenvalue weighted by Gasteiger charge is -2.20. The van der Waals surface area contributed by atoms with Gasteiger partial charge in [-0.2, -0.15) is 0 Å². The highest BCUT2D eigenvalue weighted by atomic mass is 32.1. The zero-order valence-electron chi connectivity index (χ0n) is 13.2. The number of nitrogens with zero attached hydrogens (tertiary/aromatic N) is 1. The summed E-state index contributed by atoms with van der Waals surface area (Å²) in [6, 6.07) is 14.8. The van der Waals surface area contributed by atoms with E-state index in [0.29, 0.717) is 25.8 Å². The first kappa shape index (κ1) is 16.5. The maximum atomic E-state index is 10.1. The Bertz CT molecular complexity index is 562. The molecule has 0 radical (unpaired) electrons. The van der Waals surface area contributed by atoms with Crippen LogP contribution in [0.3, 0.4) is 0 Å². The third-order valence-electron chi connectivity index (χ3n) is 4.02. The third-order valence-corrected chi connectivity index (χ3v) is 4.87. The van der Waals surface area contributed by atoms with Crippen LogP contribution < -0.4 is 5.32 Å². The number of β-amino-alcohol motifs (C(OH)–C–C–N with tert-alkyl or cyclic N) is 1. The van der Waals surface area contributed by atoms with Gasteiger partial charge >= 0.3 is 0 Å². The maximum Gasteiger partial charge on any atom is 0.0900 e. The lowest BCUT2D eigenvalue weighted by atomic mass is 10.2. The van der Waals surface area contributed by atoms with Gasteiger partial charge in [0.05, 0.1) is 19.3 Å². The quantitative estimate of drug-likeness (QED) is 0.780. The number of likely N-dealkylation sites (tertiary alicyclic amines) is 1. The number of aliphatic hydroxyl groups is 1. The predicted molar refractivity (Wildman–Crippen MR) is 94.9 cm³/mol. The number of rotatable bonds is 8. The summed E-state index contributed by atoms with van der Waals surface area (Å²) in [6.07, 6.45) is 0.683. The fraction of sp³-hybridized carbons (Fsp3) is 0.444. The van der Waals surface area contributed by atoms with Crippen LogP contribution in [0.5, 0.6) is 0 Å². The number of aliphatic hydroxyl groups excluding tert-OH is 1. The van der Waals surface area contributed by atoms with Crippen molar-refractivity contribution in [3.8, 4) is 0 Å². The number of para-hydroxylation sites is 1. The fourth-order valence-corrected chi connectivity index (χ4v) is 3.57. The average Bonchev–Trinajstić information content (AvgIpc) is 3.21. The van der Waals surface area contributed by atoms with Gasteiger partial charge in [0, 0.05) is 36.2 Å².